The van der Waals surface area contributed by atoms with Crippen molar-refractivity contribution in [2.75, 3.05) is 26.3 Å². The van der Waals surface area contributed by atoms with Crippen LogP contribution in [0.15, 0.2) is 0 Å². The molecule has 98 valence electrons. The van der Waals surface area contributed by atoms with E-state index in [1.807, 2.05) is 13.8 Å². The summed E-state index contributed by atoms with van der Waals surface area (Å²) in [4.78, 5) is 0. The van der Waals surface area contributed by atoms with Crippen LogP contribution in [0.3, 0.4) is 0 Å². The summed E-state index contributed by atoms with van der Waals surface area (Å²) >= 11 is 0. The summed E-state index contributed by atoms with van der Waals surface area (Å²) in [5, 5.41) is 11.2. The fraction of sp³-hybridized carbons (Fsp3) is 1.00. The lowest BCUT2D eigenvalue weighted by Crippen LogP contribution is -2.38. The van der Waals surface area contributed by atoms with E-state index in [1.165, 1.54) is 0 Å². The van der Waals surface area contributed by atoms with Crippen molar-refractivity contribution >= 4 is 0 Å². The van der Waals surface area contributed by atoms with Gasteiger partial charge in [0.05, 0.1) is 0 Å². The molecule has 0 aliphatic rings. The number of alkyl halides is 3. The molecule has 1 atom stereocenters. The Balaban J connectivity index is 3.28. The van der Waals surface area contributed by atoms with E-state index in [9.17, 15) is 13.2 Å². The number of aliphatic hydroxyl groups excluding tert-OH is 1. The van der Waals surface area contributed by atoms with Gasteiger partial charge in [-0.2, -0.15) is 13.2 Å². The zero-order chi connectivity index (χ0) is 12.6. The number of rotatable bonds is 8. The molecule has 6 heteroatoms. The number of aliphatic hydroxyl groups is 1. The molecule has 0 saturated heterocycles. The first-order valence-corrected chi connectivity index (χ1v) is 5.37. The quantitative estimate of drug-likeness (QED) is 0.636. The molecule has 0 rings (SSSR count). The van der Waals surface area contributed by atoms with Crippen molar-refractivity contribution in [3.63, 3.8) is 0 Å². The maximum Gasteiger partial charge on any atom is 0.415 e. The van der Waals surface area contributed by atoms with E-state index in [1.54, 1.807) is 0 Å². The van der Waals surface area contributed by atoms with Crippen LogP contribution in [0.2, 0.25) is 0 Å². The summed E-state index contributed by atoms with van der Waals surface area (Å²) in [5.41, 5.74) is 0. The van der Waals surface area contributed by atoms with E-state index in [0.717, 1.165) is 0 Å². The van der Waals surface area contributed by atoms with Gasteiger partial charge in [-0.05, 0) is 18.9 Å². The Hall–Kier alpha value is -0.330. The highest BCUT2D eigenvalue weighted by molar-refractivity contribution is 4.67. The third-order valence-corrected chi connectivity index (χ3v) is 1.81. The Kier molecular flexibility index (Phi) is 7.70. The lowest BCUT2D eigenvalue weighted by atomic mass is 10.2. The molecule has 0 bridgehead atoms. The molecule has 0 radical (unpaired) electrons. The maximum atomic E-state index is 11.9. The van der Waals surface area contributed by atoms with Crippen LogP contribution in [0.1, 0.15) is 20.3 Å². The predicted molar refractivity (Wildman–Crippen MR) is 55.2 cm³/mol. The second-order valence-electron chi connectivity index (χ2n) is 4.08. The molecule has 0 aromatic rings. The van der Waals surface area contributed by atoms with Gasteiger partial charge in [0, 0.05) is 19.8 Å². The van der Waals surface area contributed by atoms with E-state index in [0.29, 0.717) is 32.1 Å². The van der Waals surface area contributed by atoms with Crippen molar-refractivity contribution in [3.05, 3.63) is 0 Å². The monoisotopic (exact) mass is 243 g/mol. The Morgan fingerprint density at radius 3 is 2.44 bits per heavy atom. The first-order valence-electron chi connectivity index (χ1n) is 5.37. The van der Waals surface area contributed by atoms with E-state index >= 15 is 0 Å². The maximum absolute atomic E-state index is 11.9. The van der Waals surface area contributed by atoms with Gasteiger partial charge in [0.25, 0.3) is 0 Å². The van der Waals surface area contributed by atoms with Crippen molar-refractivity contribution < 1.29 is 23.0 Å². The van der Waals surface area contributed by atoms with E-state index in [2.05, 4.69) is 5.32 Å². The van der Waals surface area contributed by atoms with Crippen molar-refractivity contribution in [2.24, 2.45) is 5.92 Å². The summed E-state index contributed by atoms with van der Waals surface area (Å²) in [7, 11) is 0. The molecule has 2 N–H and O–H groups in total. The smallest absolute Gasteiger partial charge is 0.382 e. The average Bonchev–Trinajstić information content (AvgIpc) is 2.14. The second-order valence-corrected chi connectivity index (χ2v) is 4.08. The van der Waals surface area contributed by atoms with Crippen LogP contribution in [-0.4, -0.2) is 43.7 Å². The minimum Gasteiger partial charge on any atom is -0.382 e. The first-order chi connectivity index (χ1) is 7.34. The van der Waals surface area contributed by atoms with Gasteiger partial charge in [-0.25, -0.2) is 0 Å². The second kappa shape index (κ2) is 7.86. The standard InChI is InChI=1S/C10H20F3NO2/c1-8(2)7-16-5-3-4-14-6-9(15)10(11,12)13/h8-9,14-15H,3-7H2,1-2H3. The van der Waals surface area contributed by atoms with Gasteiger partial charge in [0.15, 0.2) is 6.10 Å². The number of halogens is 3. The van der Waals surface area contributed by atoms with E-state index in [-0.39, 0.29) is 0 Å². The highest BCUT2D eigenvalue weighted by Gasteiger charge is 2.37. The topological polar surface area (TPSA) is 41.5 Å². The molecule has 0 aliphatic carbocycles. The number of hydrogen-bond acceptors (Lipinski definition) is 3. The number of nitrogens with one attached hydrogen (secondary N) is 1. The molecular weight excluding hydrogens is 223 g/mol. The molecular formula is C10H20F3NO2. The molecule has 16 heavy (non-hydrogen) atoms. The van der Waals surface area contributed by atoms with Crippen LogP contribution in [0.5, 0.6) is 0 Å². The summed E-state index contributed by atoms with van der Waals surface area (Å²) in [6, 6.07) is 0. The van der Waals surface area contributed by atoms with Crippen LogP contribution in [0, 0.1) is 5.92 Å². The third-order valence-electron chi connectivity index (χ3n) is 1.81. The molecule has 0 saturated carbocycles. The molecule has 3 nitrogen and oxygen atoms in total. The largest absolute Gasteiger partial charge is 0.415 e. The lowest BCUT2D eigenvalue weighted by molar-refractivity contribution is -0.201. The van der Waals surface area contributed by atoms with Gasteiger partial charge in [-0.15, -0.1) is 0 Å². The van der Waals surface area contributed by atoms with Gasteiger partial charge >= 0.3 is 6.18 Å². The van der Waals surface area contributed by atoms with Gasteiger partial charge < -0.3 is 15.2 Å². The number of hydrogen-bond donors (Lipinski definition) is 2. The SMILES string of the molecule is CC(C)COCCCNCC(O)C(F)(F)F. The van der Waals surface area contributed by atoms with Gasteiger partial charge in [0.1, 0.15) is 0 Å². The van der Waals surface area contributed by atoms with E-state index < -0.39 is 18.8 Å². The fourth-order valence-electron chi connectivity index (χ4n) is 0.973. The molecule has 0 fully saturated rings. The van der Waals surface area contributed by atoms with Crippen LogP contribution in [0.4, 0.5) is 13.2 Å². The normalized spacial score (nSPS) is 14.4. The molecule has 0 aliphatic heterocycles. The molecule has 0 amide bonds. The lowest BCUT2D eigenvalue weighted by Gasteiger charge is -2.15. The molecule has 1 unspecified atom stereocenters. The minimum absolute atomic E-state index is 0.408. The van der Waals surface area contributed by atoms with Crippen molar-refractivity contribution in [2.45, 2.75) is 32.5 Å². The Bertz CT molecular complexity index is 174. The van der Waals surface area contributed by atoms with Crippen LogP contribution in [0.25, 0.3) is 0 Å². The van der Waals surface area contributed by atoms with Crippen molar-refractivity contribution in [1.82, 2.24) is 5.32 Å². The Labute approximate surface area is 94.0 Å². The molecule has 0 aromatic carbocycles. The van der Waals surface area contributed by atoms with Crippen molar-refractivity contribution in [1.29, 1.82) is 0 Å². The van der Waals surface area contributed by atoms with Crippen LogP contribution >= 0.6 is 0 Å². The highest BCUT2D eigenvalue weighted by Crippen LogP contribution is 2.18. The molecule has 0 spiro atoms. The molecule has 0 aromatic heterocycles. The first kappa shape index (κ1) is 15.7. The van der Waals surface area contributed by atoms with Gasteiger partial charge in [-0.3, -0.25) is 0 Å². The average molecular weight is 243 g/mol. The highest BCUT2D eigenvalue weighted by atomic mass is 19.4. The third kappa shape index (κ3) is 8.94. The van der Waals surface area contributed by atoms with Crippen LogP contribution < -0.4 is 5.32 Å². The minimum atomic E-state index is -4.54. The summed E-state index contributed by atoms with van der Waals surface area (Å²) < 4.78 is 40.8. The van der Waals surface area contributed by atoms with Crippen LogP contribution in [-0.2, 0) is 4.74 Å². The van der Waals surface area contributed by atoms with Crippen molar-refractivity contribution in [3.8, 4) is 0 Å². The predicted octanol–water partition coefficient (Wildman–Crippen LogP) is 1.56. The van der Waals surface area contributed by atoms with Gasteiger partial charge in [0.2, 0.25) is 0 Å². The van der Waals surface area contributed by atoms with Gasteiger partial charge in [-0.1, -0.05) is 13.8 Å². The fourth-order valence-corrected chi connectivity index (χ4v) is 0.973. The van der Waals surface area contributed by atoms with E-state index in [4.69, 9.17) is 9.84 Å². The number of ether oxygens (including phenoxy) is 1. The summed E-state index contributed by atoms with van der Waals surface area (Å²) in [6.45, 7) is 5.17. The summed E-state index contributed by atoms with van der Waals surface area (Å²) in [5.74, 6) is 0.458. The Morgan fingerprint density at radius 2 is 1.94 bits per heavy atom. The zero-order valence-electron chi connectivity index (χ0n) is 9.68. The summed E-state index contributed by atoms with van der Waals surface area (Å²) in [6.07, 6.45) is -6.19. The Morgan fingerprint density at radius 1 is 1.31 bits per heavy atom. The molecule has 0 heterocycles. The zero-order valence-corrected chi connectivity index (χ0v) is 9.68.